The molecule has 0 aromatic heterocycles. The van der Waals surface area contributed by atoms with E-state index >= 15 is 0 Å². The molecule has 1 aromatic carbocycles. The van der Waals surface area contributed by atoms with Crippen LogP contribution in [0.15, 0.2) is 24.3 Å². The summed E-state index contributed by atoms with van der Waals surface area (Å²) in [6.45, 7) is 5.88. The van der Waals surface area contributed by atoms with E-state index in [4.69, 9.17) is 9.47 Å². The second-order valence-corrected chi connectivity index (χ2v) is 5.53. The number of benzene rings is 1. The van der Waals surface area contributed by atoms with Gasteiger partial charge in [-0.3, -0.25) is 9.59 Å². The van der Waals surface area contributed by atoms with Gasteiger partial charge in [-0.1, -0.05) is 19.1 Å². The Labute approximate surface area is 143 Å². The van der Waals surface area contributed by atoms with Gasteiger partial charge in [0, 0.05) is 13.1 Å². The van der Waals surface area contributed by atoms with Gasteiger partial charge in [-0.2, -0.15) is 0 Å². The molecule has 0 aliphatic rings. The van der Waals surface area contributed by atoms with Gasteiger partial charge in [-0.25, -0.2) is 0 Å². The minimum atomic E-state index is -0.681. The lowest BCUT2D eigenvalue weighted by Gasteiger charge is -2.23. The van der Waals surface area contributed by atoms with Crippen LogP contribution in [0.3, 0.4) is 0 Å². The Morgan fingerprint density at radius 3 is 2.67 bits per heavy atom. The van der Waals surface area contributed by atoms with Gasteiger partial charge >= 0.3 is 5.97 Å². The monoisotopic (exact) mass is 337 g/mol. The van der Waals surface area contributed by atoms with E-state index in [1.165, 1.54) is 4.90 Å². The molecule has 0 fully saturated rings. The molecule has 0 saturated heterocycles. The Morgan fingerprint density at radius 1 is 1.29 bits per heavy atom. The fourth-order valence-corrected chi connectivity index (χ4v) is 2.19. The number of amides is 1. The number of carbonyl (C=O) groups excluding carboxylic acids is 2. The summed E-state index contributed by atoms with van der Waals surface area (Å²) in [6, 6.07) is 7.57. The third kappa shape index (κ3) is 7.46. The minimum absolute atomic E-state index is 0.0949. The topological polar surface area (TPSA) is 76.1 Å². The summed E-state index contributed by atoms with van der Waals surface area (Å²) in [7, 11) is 0. The third-order valence-corrected chi connectivity index (χ3v) is 3.40. The maximum absolute atomic E-state index is 12.3. The number of esters is 1. The van der Waals surface area contributed by atoms with Crippen LogP contribution in [0.1, 0.15) is 32.8 Å². The number of hydrogen-bond acceptors (Lipinski definition) is 5. The van der Waals surface area contributed by atoms with Crippen molar-refractivity contribution in [1.29, 1.82) is 0 Å². The molecule has 0 spiro atoms. The highest BCUT2D eigenvalue weighted by molar-refractivity contribution is 5.78. The number of carbonyl (C=O) groups is 2. The van der Waals surface area contributed by atoms with Crippen molar-refractivity contribution >= 4 is 11.9 Å². The van der Waals surface area contributed by atoms with E-state index in [9.17, 15) is 14.7 Å². The molecule has 1 aromatic rings. The van der Waals surface area contributed by atoms with Crippen molar-refractivity contribution in [2.75, 3.05) is 26.3 Å². The van der Waals surface area contributed by atoms with Gasteiger partial charge in [0.1, 0.15) is 5.75 Å². The molecule has 1 unspecified atom stereocenters. The van der Waals surface area contributed by atoms with Crippen molar-refractivity contribution in [1.82, 2.24) is 4.90 Å². The highest BCUT2D eigenvalue weighted by atomic mass is 16.5. The SMILES string of the molecule is CCOC(=O)CCN(CC(C)O)C(=O)COc1cccc(CC)c1. The summed E-state index contributed by atoms with van der Waals surface area (Å²) >= 11 is 0. The molecule has 6 heteroatoms. The summed E-state index contributed by atoms with van der Waals surface area (Å²) in [4.78, 5) is 25.2. The van der Waals surface area contributed by atoms with Crippen LogP contribution in [0, 0.1) is 0 Å². The summed E-state index contributed by atoms with van der Waals surface area (Å²) in [5.41, 5.74) is 1.13. The van der Waals surface area contributed by atoms with Crippen LogP contribution < -0.4 is 4.74 Å². The summed E-state index contributed by atoms with van der Waals surface area (Å²) in [5.74, 6) is -0.00959. The number of aryl methyl sites for hydroxylation is 1. The van der Waals surface area contributed by atoms with Crippen LogP contribution in [0.5, 0.6) is 5.75 Å². The number of hydrogen-bond donors (Lipinski definition) is 1. The standard InChI is InChI=1S/C18H27NO5/c1-4-15-7-6-8-16(11-15)24-13-17(21)19(12-14(3)20)10-9-18(22)23-5-2/h6-8,11,14,20H,4-5,9-10,12-13H2,1-3H3. The first-order chi connectivity index (χ1) is 11.5. The van der Waals surface area contributed by atoms with E-state index in [0.717, 1.165) is 12.0 Å². The number of rotatable bonds is 10. The van der Waals surface area contributed by atoms with Crippen LogP contribution >= 0.6 is 0 Å². The molecule has 24 heavy (non-hydrogen) atoms. The second-order valence-electron chi connectivity index (χ2n) is 5.53. The van der Waals surface area contributed by atoms with E-state index in [1.807, 2.05) is 25.1 Å². The Bertz CT molecular complexity index is 530. The quantitative estimate of drug-likeness (QED) is 0.659. The van der Waals surface area contributed by atoms with Crippen LogP contribution in [0.25, 0.3) is 0 Å². The number of aliphatic hydroxyl groups is 1. The summed E-state index contributed by atoms with van der Waals surface area (Å²) in [6.07, 6.45) is 0.302. The molecule has 1 rings (SSSR count). The zero-order valence-corrected chi connectivity index (χ0v) is 14.7. The fourth-order valence-electron chi connectivity index (χ4n) is 2.19. The maximum Gasteiger partial charge on any atom is 0.307 e. The number of aliphatic hydroxyl groups excluding tert-OH is 1. The zero-order chi connectivity index (χ0) is 17.9. The molecule has 1 amide bonds. The van der Waals surface area contributed by atoms with E-state index in [1.54, 1.807) is 19.9 Å². The van der Waals surface area contributed by atoms with Gasteiger partial charge in [0.2, 0.25) is 0 Å². The van der Waals surface area contributed by atoms with E-state index in [2.05, 4.69) is 0 Å². The second kappa shape index (κ2) is 10.6. The molecule has 0 aliphatic carbocycles. The zero-order valence-electron chi connectivity index (χ0n) is 14.7. The van der Waals surface area contributed by atoms with Crippen molar-refractivity contribution in [3.05, 3.63) is 29.8 Å². The summed E-state index contributed by atoms with van der Waals surface area (Å²) in [5, 5.41) is 9.54. The fraction of sp³-hybridized carbons (Fsp3) is 0.556. The van der Waals surface area contributed by atoms with Crippen molar-refractivity contribution in [3.8, 4) is 5.75 Å². The average molecular weight is 337 g/mol. The lowest BCUT2D eigenvalue weighted by atomic mass is 10.2. The lowest BCUT2D eigenvalue weighted by Crippen LogP contribution is -2.40. The molecule has 1 atom stereocenters. The van der Waals surface area contributed by atoms with Gasteiger partial charge in [0.15, 0.2) is 6.61 Å². The Morgan fingerprint density at radius 2 is 2.04 bits per heavy atom. The van der Waals surface area contributed by atoms with Crippen molar-refractivity contribution in [2.24, 2.45) is 0 Å². The molecule has 0 heterocycles. The Balaban J connectivity index is 2.58. The molecule has 0 saturated carbocycles. The van der Waals surface area contributed by atoms with Crippen molar-refractivity contribution < 1.29 is 24.2 Å². The first-order valence-electron chi connectivity index (χ1n) is 8.29. The van der Waals surface area contributed by atoms with Gasteiger partial charge in [-0.05, 0) is 38.0 Å². The number of nitrogens with zero attached hydrogens (tertiary/aromatic N) is 1. The average Bonchev–Trinajstić information content (AvgIpc) is 2.56. The molecular formula is C18H27NO5. The minimum Gasteiger partial charge on any atom is -0.484 e. The molecule has 134 valence electrons. The molecule has 6 nitrogen and oxygen atoms in total. The smallest absolute Gasteiger partial charge is 0.307 e. The Kier molecular flexibility index (Phi) is 8.86. The maximum atomic E-state index is 12.3. The Hall–Kier alpha value is -2.08. The van der Waals surface area contributed by atoms with E-state index in [0.29, 0.717) is 12.4 Å². The first kappa shape index (κ1) is 20.0. The highest BCUT2D eigenvalue weighted by Crippen LogP contribution is 2.14. The summed E-state index contributed by atoms with van der Waals surface area (Å²) < 4.78 is 10.4. The normalized spacial score (nSPS) is 11.7. The van der Waals surface area contributed by atoms with Gasteiger partial charge in [0.05, 0.1) is 19.1 Å². The molecule has 0 aliphatic heterocycles. The van der Waals surface area contributed by atoms with Crippen molar-refractivity contribution in [2.45, 2.75) is 39.7 Å². The third-order valence-electron chi connectivity index (χ3n) is 3.40. The molecule has 1 N–H and O–H groups in total. The van der Waals surface area contributed by atoms with Crippen LogP contribution in [0.2, 0.25) is 0 Å². The highest BCUT2D eigenvalue weighted by Gasteiger charge is 2.18. The number of ether oxygens (including phenoxy) is 2. The van der Waals surface area contributed by atoms with Gasteiger partial charge in [0.25, 0.3) is 5.91 Å². The predicted molar refractivity (Wildman–Crippen MR) is 90.8 cm³/mol. The van der Waals surface area contributed by atoms with Gasteiger partial charge < -0.3 is 19.5 Å². The van der Waals surface area contributed by atoms with E-state index in [-0.39, 0.29) is 38.0 Å². The predicted octanol–water partition coefficient (Wildman–Crippen LogP) is 1.79. The van der Waals surface area contributed by atoms with Crippen LogP contribution in [-0.4, -0.2) is 54.3 Å². The largest absolute Gasteiger partial charge is 0.484 e. The van der Waals surface area contributed by atoms with E-state index < -0.39 is 6.10 Å². The lowest BCUT2D eigenvalue weighted by molar-refractivity contribution is -0.144. The molecule has 0 radical (unpaired) electrons. The van der Waals surface area contributed by atoms with Crippen LogP contribution in [-0.2, 0) is 20.7 Å². The van der Waals surface area contributed by atoms with Crippen LogP contribution in [0.4, 0.5) is 0 Å². The first-order valence-corrected chi connectivity index (χ1v) is 8.29. The van der Waals surface area contributed by atoms with Gasteiger partial charge in [-0.15, -0.1) is 0 Å². The molecule has 0 bridgehead atoms. The molecular weight excluding hydrogens is 310 g/mol. The van der Waals surface area contributed by atoms with Crippen molar-refractivity contribution in [3.63, 3.8) is 0 Å².